The molecule has 28 heavy (non-hydrogen) atoms. The van der Waals surface area contributed by atoms with Crippen molar-refractivity contribution in [3.8, 4) is 0 Å². The van der Waals surface area contributed by atoms with Crippen LogP contribution in [-0.2, 0) is 16.8 Å². The lowest BCUT2D eigenvalue weighted by Gasteiger charge is -2.43. The van der Waals surface area contributed by atoms with Crippen LogP contribution >= 0.6 is 0 Å². The lowest BCUT2D eigenvalue weighted by molar-refractivity contribution is -0.143. The molecule has 0 N–H and O–H groups in total. The Morgan fingerprint density at radius 1 is 0.821 bits per heavy atom. The van der Waals surface area contributed by atoms with Gasteiger partial charge in [0.2, 0.25) is 0 Å². The Kier molecular flexibility index (Phi) is 6.37. The minimum atomic E-state index is -4.83. The first-order valence-electron chi connectivity index (χ1n) is 9.49. The molecule has 1 nitrogen and oxygen atoms in total. The highest BCUT2D eigenvalue weighted by Crippen LogP contribution is 2.45. The first kappa shape index (κ1) is 23.3. The van der Waals surface area contributed by atoms with Crippen LogP contribution in [0.3, 0.4) is 0 Å². The van der Waals surface area contributed by atoms with Gasteiger partial charge in [0, 0.05) is 5.92 Å². The van der Waals surface area contributed by atoms with E-state index >= 15 is 0 Å². The molecular formula is C20H28F6OSi. The molecule has 1 aromatic carbocycles. The third kappa shape index (κ3) is 5.31. The standard InChI is InChI=1S/C20H28F6OSi/c1-18(2,3)28(4,5)27-17-9-7-6-8-16(17)13-10-14(19(21,22)23)12-15(11-13)20(24,25)26/h10-12,16-17H,6-9H2,1-5H3/t16-,17+/m0/s1. The predicted molar refractivity (Wildman–Crippen MR) is 99.7 cm³/mol. The van der Waals surface area contributed by atoms with Gasteiger partial charge in [0.25, 0.3) is 0 Å². The maximum atomic E-state index is 13.2. The molecule has 0 aliphatic heterocycles. The minimum absolute atomic E-state index is 0.0746. The molecular weight excluding hydrogens is 398 g/mol. The molecule has 2 rings (SSSR count). The second-order valence-corrected chi connectivity index (χ2v) is 13.9. The van der Waals surface area contributed by atoms with Crippen LogP contribution in [0.1, 0.15) is 69.1 Å². The van der Waals surface area contributed by atoms with E-state index in [1.807, 2.05) is 13.1 Å². The van der Waals surface area contributed by atoms with Gasteiger partial charge in [-0.3, -0.25) is 0 Å². The van der Waals surface area contributed by atoms with Crippen LogP contribution in [0.15, 0.2) is 18.2 Å². The van der Waals surface area contributed by atoms with Gasteiger partial charge in [-0.2, -0.15) is 26.3 Å². The second-order valence-electron chi connectivity index (χ2n) is 9.15. The van der Waals surface area contributed by atoms with Crippen LogP contribution in [0.25, 0.3) is 0 Å². The van der Waals surface area contributed by atoms with Crippen LogP contribution in [0.5, 0.6) is 0 Å². The summed E-state index contributed by atoms with van der Waals surface area (Å²) in [6.07, 6.45) is -7.23. The van der Waals surface area contributed by atoms with Crippen molar-refractivity contribution in [3.05, 3.63) is 34.9 Å². The summed E-state index contributed by atoms with van der Waals surface area (Å²) in [6, 6.07) is 1.93. The molecule has 0 aromatic heterocycles. The van der Waals surface area contributed by atoms with Crippen LogP contribution in [0.2, 0.25) is 18.1 Å². The highest BCUT2D eigenvalue weighted by molar-refractivity contribution is 6.74. The average Bonchev–Trinajstić information content (AvgIpc) is 2.52. The molecule has 1 aliphatic rings. The zero-order chi connectivity index (χ0) is 21.5. The average molecular weight is 427 g/mol. The molecule has 2 atom stereocenters. The zero-order valence-corrected chi connectivity index (χ0v) is 17.9. The fraction of sp³-hybridized carbons (Fsp3) is 0.700. The third-order valence-corrected chi connectivity index (χ3v) is 10.5. The molecule has 0 bridgehead atoms. The van der Waals surface area contributed by atoms with Crippen molar-refractivity contribution < 1.29 is 30.8 Å². The largest absolute Gasteiger partial charge is 0.416 e. The summed E-state index contributed by atoms with van der Waals surface area (Å²) in [5.74, 6) is -0.466. The van der Waals surface area contributed by atoms with Gasteiger partial charge in [0.15, 0.2) is 8.32 Å². The van der Waals surface area contributed by atoms with E-state index in [-0.39, 0.29) is 22.8 Å². The normalized spacial score (nSPS) is 22.4. The first-order chi connectivity index (χ1) is 12.5. The van der Waals surface area contributed by atoms with Crippen molar-refractivity contribution in [2.75, 3.05) is 0 Å². The lowest BCUT2D eigenvalue weighted by atomic mass is 9.80. The number of benzene rings is 1. The van der Waals surface area contributed by atoms with Crippen LogP contribution in [-0.4, -0.2) is 14.4 Å². The fourth-order valence-electron chi connectivity index (χ4n) is 3.37. The third-order valence-electron chi connectivity index (χ3n) is 5.99. The second kappa shape index (κ2) is 7.67. The minimum Gasteiger partial charge on any atom is -0.413 e. The topological polar surface area (TPSA) is 9.23 Å². The van der Waals surface area contributed by atoms with Gasteiger partial charge in [-0.25, -0.2) is 0 Å². The Bertz CT molecular complexity index is 655. The number of hydrogen-bond donors (Lipinski definition) is 0. The molecule has 8 heteroatoms. The molecule has 1 aliphatic carbocycles. The Labute approximate surface area is 163 Å². The maximum absolute atomic E-state index is 13.2. The van der Waals surface area contributed by atoms with Gasteiger partial charge < -0.3 is 4.43 Å². The van der Waals surface area contributed by atoms with Gasteiger partial charge in [0.1, 0.15) is 0 Å². The van der Waals surface area contributed by atoms with Crippen LogP contribution in [0.4, 0.5) is 26.3 Å². The fourth-order valence-corrected chi connectivity index (χ4v) is 4.76. The molecule has 1 saturated carbocycles. The summed E-state index contributed by atoms with van der Waals surface area (Å²) < 4.78 is 85.9. The van der Waals surface area contributed by atoms with E-state index in [0.29, 0.717) is 12.8 Å². The molecule has 1 fully saturated rings. The highest BCUT2D eigenvalue weighted by Gasteiger charge is 2.43. The van der Waals surface area contributed by atoms with Crippen molar-refractivity contribution in [1.82, 2.24) is 0 Å². The molecule has 0 saturated heterocycles. The quantitative estimate of drug-likeness (QED) is 0.354. The first-order valence-corrected chi connectivity index (χ1v) is 12.4. The van der Waals surface area contributed by atoms with Crippen molar-refractivity contribution in [1.29, 1.82) is 0 Å². The molecule has 1 aromatic rings. The summed E-state index contributed by atoms with van der Waals surface area (Å²) in [4.78, 5) is 0. The van der Waals surface area contributed by atoms with Crippen LogP contribution < -0.4 is 0 Å². The van der Waals surface area contributed by atoms with Crippen molar-refractivity contribution in [3.63, 3.8) is 0 Å². The van der Waals surface area contributed by atoms with E-state index < -0.39 is 37.7 Å². The Balaban J connectivity index is 2.47. The smallest absolute Gasteiger partial charge is 0.413 e. The van der Waals surface area contributed by atoms with Crippen molar-refractivity contribution in [2.24, 2.45) is 0 Å². The summed E-state index contributed by atoms with van der Waals surface area (Å²) >= 11 is 0. The number of rotatable bonds is 3. The Hall–Kier alpha value is -1.02. The van der Waals surface area contributed by atoms with Gasteiger partial charge in [-0.1, -0.05) is 33.6 Å². The molecule has 0 spiro atoms. The molecule has 0 heterocycles. The summed E-state index contributed by atoms with van der Waals surface area (Å²) in [5.41, 5.74) is -2.44. The number of halogens is 6. The van der Waals surface area contributed by atoms with E-state index in [9.17, 15) is 26.3 Å². The zero-order valence-electron chi connectivity index (χ0n) is 16.9. The van der Waals surface area contributed by atoms with Gasteiger partial charge in [-0.15, -0.1) is 0 Å². The summed E-state index contributed by atoms with van der Waals surface area (Å²) in [7, 11) is -2.21. The van der Waals surface area contributed by atoms with Gasteiger partial charge in [0.05, 0.1) is 17.2 Å². The van der Waals surface area contributed by atoms with Crippen LogP contribution in [0, 0.1) is 0 Å². The van der Waals surface area contributed by atoms with Crippen molar-refractivity contribution in [2.45, 2.75) is 89.0 Å². The SMILES string of the molecule is CC(C)(C)[Si](C)(C)O[C@@H]1CCCC[C@H]1c1cc(C(F)(F)F)cc(C(F)(F)F)c1. The van der Waals surface area contributed by atoms with E-state index in [2.05, 4.69) is 20.8 Å². The van der Waals surface area contributed by atoms with Crippen molar-refractivity contribution >= 4 is 8.32 Å². The summed E-state index contributed by atoms with van der Waals surface area (Å²) in [6.45, 7) is 10.3. The summed E-state index contributed by atoms with van der Waals surface area (Å²) in [5, 5.41) is -0.0973. The molecule has 160 valence electrons. The molecule has 0 radical (unpaired) electrons. The van der Waals surface area contributed by atoms with E-state index in [0.717, 1.165) is 25.0 Å². The highest BCUT2D eigenvalue weighted by atomic mass is 28.4. The van der Waals surface area contributed by atoms with Gasteiger partial charge in [-0.05, 0) is 54.7 Å². The van der Waals surface area contributed by atoms with E-state index in [4.69, 9.17) is 4.43 Å². The number of alkyl halides is 6. The molecule has 0 amide bonds. The Morgan fingerprint density at radius 3 is 1.71 bits per heavy atom. The van der Waals surface area contributed by atoms with Gasteiger partial charge >= 0.3 is 12.4 Å². The predicted octanol–water partition coefficient (Wildman–Crippen LogP) is 7.77. The lowest BCUT2D eigenvalue weighted by Crippen LogP contribution is -2.46. The van der Waals surface area contributed by atoms with E-state index in [1.54, 1.807) is 0 Å². The monoisotopic (exact) mass is 426 g/mol. The maximum Gasteiger partial charge on any atom is 0.416 e. The molecule has 0 unspecified atom stereocenters. The Morgan fingerprint density at radius 2 is 1.29 bits per heavy atom. The number of hydrogen-bond acceptors (Lipinski definition) is 1. The van der Waals surface area contributed by atoms with E-state index in [1.165, 1.54) is 0 Å².